The fourth-order valence-corrected chi connectivity index (χ4v) is 2.77. The molecule has 1 saturated heterocycles. The molecule has 21 heavy (non-hydrogen) atoms. The second-order valence-corrected chi connectivity index (χ2v) is 5.69. The van der Waals surface area contributed by atoms with Gasteiger partial charge in [0, 0.05) is 13.6 Å². The lowest BCUT2D eigenvalue weighted by Crippen LogP contribution is -2.44. The molecule has 7 heteroatoms. The van der Waals surface area contributed by atoms with Crippen LogP contribution in [0.15, 0.2) is 0 Å². The molecule has 3 N–H and O–H groups in total. The van der Waals surface area contributed by atoms with E-state index in [0.717, 1.165) is 36.5 Å². The summed E-state index contributed by atoms with van der Waals surface area (Å²) in [6.07, 6.45) is 1.71. The molecule has 2 amide bonds. The summed E-state index contributed by atoms with van der Waals surface area (Å²) in [7, 11) is 1.85. The Morgan fingerprint density at radius 3 is 2.71 bits per heavy atom. The van der Waals surface area contributed by atoms with E-state index in [-0.39, 0.29) is 24.3 Å². The number of carbonyl (C=O) groups excluding carboxylic acids is 2. The van der Waals surface area contributed by atoms with Crippen LogP contribution in [-0.4, -0.2) is 46.1 Å². The van der Waals surface area contributed by atoms with Gasteiger partial charge in [0.05, 0.1) is 29.5 Å². The van der Waals surface area contributed by atoms with Crippen LogP contribution in [-0.2, 0) is 16.6 Å². The van der Waals surface area contributed by atoms with Gasteiger partial charge >= 0.3 is 0 Å². The molecule has 116 valence electrons. The molecule has 1 atom stereocenters. The highest BCUT2D eigenvalue weighted by molar-refractivity contribution is 5.93. The highest BCUT2D eigenvalue weighted by Crippen LogP contribution is 2.19. The summed E-state index contributed by atoms with van der Waals surface area (Å²) < 4.78 is 1.75. The summed E-state index contributed by atoms with van der Waals surface area (Å²) in [6, 6.07) is 0. The quantitative estimate of drug-likeness (QED) is 0.827. The first-order valence-corrected chi connectivity index (χ1v) is 7.20. The minimum atomic E-state index is -0.279. The first kappa shape index (κ1) is 15.5. The van der Waals surface area contributed by atoms with Gasteiger partial charge < -0.3 is 11.1 Å². The molecule has 1 aromatic rings. The van der Waals surface area contributed by atoms with Crippen LogP contribution in [0.3, 0.4) is 0 Å². The molecule has 1 aromatic heterocycles. The van der Waals surface area contributed by atoms with Crippen LogP contribution in [0, 0.1) is 19.8 Å². The van der Waals surface area contributed by atoms with E-state index in [9.17, 15) is 9.59 Å². The van der Waals surface area contributed by atoms with E-state index in [0.29, 0.717) is 6.54 Å². The van der Waals surface area contributed by atoms with E-state index in [2.05, 4.69) is 10.4 Å². The zero-order chi connectivity index (χ0) is 15.6. The topological polar surface area (TPSA) is 93.2 Å². The summed E-state index contributed by atoms with van der Waals surface area (Å²) in [4.78, 5) is 25.4. The maximum absolute atomic E-state index is 12.2. The molecular weight excluding hydrogens is 270 g/mol. The lowest BCUT2D eigenvalue weighted by atomic mass is 9.97. The number of hydrogen-bond donors (Lipinski definition) is 2. The number of rotatable bonds is 4. The fraction of sp³-hybridized carbons (Fsp3) is 0.643. The van der Waals surface area contributed by atoms with Crippen LogP contribution in [0.25, 0.3) is 0 Å². The number of anilines is 1. The third kappa shape index (κ3) is 3.60. The normalized spacial score (nSPS) is 19.5. The van der Waals surface area contributed by atoms with Crippen molar-refractivity contribution < 1.29 is 9.59 Å². The highest BCUT2D eigenvalue weighted by Gasteiger charge is 2.25. The number of piperidine rings is 1. The van der Waals surface area contributed by atoms with Crippen molar-refractivity contribution in [2.45, 2.75) is 26.7 Å². The maximum atomic E-state index is 12.2. The van der Waals surface area contributed by atoms with Crippen molar-refractivity contribution in [1.29, 1.82) is 0 Å². The number of nitrogens with two attached hydrogens (primary N) is 1. The van der Waals surface area contributed by atoms with E-state index in [4.69, 9.17) is 5.73 Å². The molecule has 0 unspecified atom stereocenters. The van der Waals surface area contributed by atoms with E-state index >= 15 is 0 Å². The molecule has 2 heterocycles. The Morgan fingerprint density at radius 2 is 2.14 bits per heavy atom. The SMILES string of the molecule is Cc1nn(C)c(C)c1NC(=O)CN1CCC[C@@H](C(N)=O)C1. The third-order valence-corrected chi connectivity index (χ3v) is 4.05. The fourth-order valence-electron chi connectivity index (χ4n) is 2.77. The van der Waals surface area contributed by atoms with Crippen LogP contribution in [0.2, 0.25) is 0 Å². The van der Waals surface area contributed by atoms with Crippen molar-refractivity contribution in [1.82, 2.24) is 14.7 Å². The van der Waals surface area contributed by atoms with Crippen molar-refractivity contribution in [3.8, 4) is 0 Å². The first-order chi connectivity index (χ1) is 9.88. The van der Waals surface area contributed by atoms with Crippen LogP contribution in [0.4, 0.5) is 5.69 Å². The van der Waals surface area contributed by atoms with Gasteiger partial charge in [-0.3, -0.25) is 19.2 Å². The molecule has 0 saturated carbocycles. The lowest BCUT2D eigenvalue weighted by Gasteiger charge is -2.30. The lowest BCUT2D eigenvalue weighted by molar-refractivity contribution is -0.125. The minimum Gasteiger partial charge on any atom is -0.369 e. The maximum Gasteiger partial charge on any atom is 0.238 e. The molecule has 0 aromatic carbocycles. The van der Waals surface area contributed by atoms with Gasteiger partial charge in [-0.25, -0.2) is 0 Å². The Balaban J connectivity index is 1.94. The van der Waals surface area contributed by atoms with Gasteiger partial charge in [0.1, 0.15) is 0 Å². The van der Waals surface area contributed by atoms with Crippen molar-refractivity contribution in [3.63, 3.8) is 0 Å². The summed E-state index contributed by atoms with van der Waals surface area (Å²) in [5.41, 5.74) is 7.85. The monoisotopic (exact) mass is 293 g/mol. The predicted molar refractivity (Wildman–Crippen MR) is 79.7 cm³/mol. The molecule has 2 rings (SSSR count). The highest BCUT2D eigenvalue weighted by atomic mass is 16.2. The molecule has 0 aliphatic carbocycles. The standard InChI is InChI=1S/C14H23N5O2/c1-9-13(10(2)18(3)17-9)16-12(20)8-19-6-4-5-11(7-19)14(15)21/h11H,4-8H2,1-3H3,(H2,15,21)(H,16,20)/t11-/m1/s1. The van der Waals surface area contributed by atoms with Gasteiger partial charge in [0.15, 0.2) is 0 Å². The molecule has 0 radical (unpaired) electrons. The average molecular weight is 293 g/mol. The number of aromatic nitrogens is 2. The number of likely N-dealkylation sites (tertiary alicyclic amines) is 1. The second kappa shape index (κ2) is 6.26. The number of amides is 2. The molecule has 1 aliphatic heterocycles. The number of primary amides is 1. The Bertz CT molecular complexity index is 552. The smallest absolute Gasteiger partial charge is 0.238 e. The zero-order valence-corrected chi connectivity index (χ0v) is 12.8. The molecular formula is C14H23N5O2. The van der Waals surface area contributed by atoms with E-state index in [1.54, 1.807) is 4.68 Å². The van der Waals surface area contributed by atoms with Crippen molar-refractivity contribution in [2.75, 3.05) is 25.0 Å². The zero-order valence-electron chi connectivity index (χ0n) is 12.8. The van der Waals surface area contributed by atoms with Crippen molar-refractivity contribution in [3.05, 3.63) is 11.4 Å². The first-order valence-electron chi connectivity index (χ1n) is 7.20. The van der Waals surface area contributed by atoms with E-state index in [1.165, 1.54) is 0 Å². The molecule has 0 spiro atoms. The number of nitrogens with one attached hydrogen (secondary N) is 1. The van der Waals surface area contributed by atoms with Gasteiger partial charge in [-0.2, -0.15) is 5.10 Å². The summed E-state index contributed by atoms with van der Waals surface area (Å²) in [6.45, 7) is 5.44. The predicted octanol–water partition coefficient (Wildman–Crippen LogP) is 0.173. The van der Waals surface area contributed by atoms with Crippen molar-refractivity contribution >= 4 is 17.5 Å². The Hall–Kier alpha value is -1.89. The van der Waals surface area contributed by atoms with Crippen LogP contribution in [0.5, 0.6) is 0 Å². The Kier molecular flexibility index (Phi) is 4.62. The molecule has 1 fully saturated rings. The number of aryl methyl sites for hydroxylation is 2. The third-order valence-electron chi connectivity index (χ3n) is 4.05. The Morgan fingerprint density at radius 1 is 1.43 bits per heavy atom. The van der Waals surface area contributed by atoms with Crippen LogP contribution in [0.1, 0.15) is 24.2 Å². The van der Waals surface area contributed by atoms with Crippen LogP contribution < -0.4 is 11.1 Å². The van der Waals surface area contributed by atoms with E-state index in [1.807, 2.05) is 25.8 Å². The van der Waals surface area contributed by atoms with Crippen molar-refractivity contribution in [2.24, 2.45) is 18.7 Å². The number of carbonyl (C=O) groups is 2. The van der Waals surface area contributed by atoms with Crippen LogP contribution >= 0.6 is 0 Å². The number of hydrogen-bond acceptors (Lipinski definition) is 4. The summed E-state index contributed by atoms with van der Waals surface area (Å²) in [5.74, 6) is -0.508. The van der Waals surface area contributed by atoms with Gasteiger partial charge in [0.25, 0.3) is 0 Å². The molecule has 7 nitrogen and oxygen atoms in total. The minimum absolute atomic E-state index is 0.0840. The van der Waals surface area contributed by atoms with Gasteiger partial charge in [-0.15, -0.1) is 0 Å². The summed E-state index contributed by atoms with van der Waals surface area (Å²) in [5, 5.41) is 7.18. The van der Waals surface area contributed by atoms with Gasteiger partial charge in [-0.05, 0) is 33.2 Å². The largest absolute Gasteiger partial charge is 0.369 e. The second-order valence-electron chi connectivity index (χ2n) is 5.69. The summed E-state index contributed by atoms with van der Waals surface area (Å²) >= 11 is 0. The van der Waals surface area contributed by atoms with E-state index < -0.39 is 0 Å². The number of nitrogens with zero attached hydrogens (tertiary/aromatic N) is 3. The van der Waals surface area contributed by atoms with Gasteiger partial charge in [0.2, 0.25) is 11.8 Å². The molecule has 1 aliphatic rings. The molecule has 0 bridgehead atoms. The Labute approximate surface area is 124 Å². The average Bonchev–Trinajstić information content (AvgIpc) is 2.65. The van der Waals surface area contributed by atoms with Gasteiger partial charge in [-0.1, -0.05) is 0 Å².